The average Bonchev–Trinajstić information content (AvgIpc) is 3.19. The quantitative estimate of drug-likeness (QED) is 0.599. The third kappa shape index (κ3) is 5.54. The van der Waals surface area contributed by atoms with Crippen LogP contribution in [0, 0.1) is 17.5 Å². The standard InChI is InChI=1S/C22H25F3N2OS/c1-2-3-11-26(14-18-19(24)5-4-6-20(18)25)15-21(28)27-12-13-29-22(27)16-7-9-17(23)10-8-16/h4-10,22H,2-3,11-15H2,1H3/t22-/m0/s1. The highest BCUT2D eigenvalue weighted by Crippen LogP contribution is 2.38. The van der Waals surface area contributed by atoms with E-state index in [4.69, 9.17) is 0 Å². The molecule has 0 radical (unpaired) electrons. The molecule has 0 saturated carbocycles. The predicted octanol–water partition coefficient (Wildman–Crippen LogP) is 4.98. The molecule has 0 aromatic heterocycles. The second kappa shape index (κ2) is 10.2. The van der Waals surface area contributed by atoms with Gasteiger partial charge in [0, 0.05) is 24.4 Å². The van der Waals surface area contributed by atoms with Gasteiger partial charge in [-0.1, -0.05) is 31.5 Å². The Labute approximate surface area is 173 Å². The maximum absolute atomic E-state index is 14.1. The number of carbonyl (C=O) groups is 1. The molecule has 29 heavy (non-hydrogen) atoms. The Balaban J connectivity index is 1.72. The van der Waals surface area contributed by atoms with Gasteiger partial charge in [0.25, 0.3) is 0 Å². The van der Waals surface area contributed by atoms with Crippen molar-refractivity contribution < 1.29 is 18.0 Å². The van der Waals surface area contributed by atoms with Gasteiger partial charge < -0.3 is 4.90 Å². The lowest BCUT2D eigenvalue weighted by Gasteiger charge is -2.28. The molecule has 0 N–H and O–H groups in total. The Morgan fingerprint density at radius 1 is 1.14 bits per heavy atom. The Kier molecular flexibility index (Phi) is 7.61. The van der Waals surface area contributed by atoms with Gasteiger partial charge in [-0.2, -0.15) is 0 Å². The molecule has 3 nitrogen and oxygen atoms in total. The molecule has 7 heteroatoms. The number of hydrogen-bond donors (Lipinski definition) is 0. The number of unbranched alkanes of at least 4 members (excludes halogenated alkanes) is 1. The largest absolute Gasteiger partial charge is 0.325 e. The Hall–Kier alpha value is -1.99. The predicted molar refractivity (Wildman–Crippen MR) is 110 cm³/mol. The van der Waals surface area contributed by atoms with Gasteiger partial charge in [0.15, 0.2) is 0 Å². The van der Waals surface area contributed by atoms with Crippen LogP contribution in [-0.2, 0) is 11.3 Å². The van der Waals surface area contributed by atoms with Crippen LogP contribution in [0.25, 0.3) is 0 Å². The summed E-state index contributed by atoms with van der Waals surface area (Å²) in [5.41, 5.74) is 0.866. The molecular formula is C22H25F3N2OS. The van der Waals surface area contributed by atoms with Crippen LogP contribution in [0.2, 0.25) is 0 Å². The Morgan fingerprint density at radius 2 is 1.83 bits per heavy atom. The third-order valence-corrected chi connectivity index (χ3v) is 6.26. The highest BCUT2D eigenvalue weighted by molar-refractivity contribution is 7.99. The van der Waals surface area contributed by atoms with E-state index in [1.807, 2.05) is 6.92 Å². The summed E-state index contributed by atoms with van der Waals surface area (Å²) in [6.07, 6.45) is 1.75. The summed E-state index contributed by atoms with van der Waals surface area (Å²) in [4.78, 5) is 16.6. The summed E-state index contributed by atoms with van der Waals surface area (Å²) < 4.78 is 41.4. The molecular weight excluding hydrogens is 397 g/mol. The van der Waals surface area contributed by atoms with E-state index in [1.165, 1.54) is 30.3 Å². The molecule has 1 fully saturated rings. The van der Waals surface area contributed by atoms with Crippen molar-refractivity contribution in [3.63, 3.8) is 0 Å². The van der Waals surface area contributed by atoms with Gasteiger partial charge in [0.1, 0.15) is 22.8 Å². The van der Waals surface area contributed by atoms with Crippen molar-refractivity contribution in [3.8, 4) is 0 Å². The second-order valence-electron chi connectivity index (χ2n) is 7.13. The van der Waals surface area contributed by atoms with E-state index in [1.54, 1.807) is 33.7 Å². The van der Waals surface area contributed by atoms with Crippen molar-refractivity contribution in [1.82, 2.24) is 9.80 Å². The van der Waals surface area contributed by atoms with Gasteiger partial charge in [-0.05, 0) is 42.8 Å². The molecule has 1 atom stereocenters. The zero-order chi connectivity index (χ0) is 20.8. The molecule has 2 aromatic rings. The average molecular weight is 423 g/mol. The first kappa shape index (κ1) is 21.7. The van der Waals surface area contributed by atoms with Gasteiger partial charge in [-0.25, -0.2) is 13.2 Å². The lowest BCUT2D eigenvalue weighted by atomic mass is 10.1. The van der Waals surface area contributed by atoms with Crippen molar-refractivity contribution in [2.45, 2.75) is 31.7 Å². The normalized spacial score (nSPS) is 16.6. The number of hydrogen-bond acceptors (Lipinski definition) is 3. The van der Waals surface area contributed by atoms with Gasteiger partial charge >= 0.3 is 0 Å². The van der Waals surface area contributed by atoms with Crippen molar-refractivity contribution in [2.75, 3.05) is 25.4 Å². The minimum Gasteiger partial charge on any atom is -0.325 e. The van der Waals surface area contributed by atoms with Crippen molar-refractivity contribution in [2.24, 2.45) is 0 Å². The maximum Gasteiger partial charge on any atom is 0.237 e. The fraction of sp³-hybridized carbons (Fsp3) is 0.409. The summed E-state index contributed by atoms with van der Waals surface area (Å²) in [6.45, 7) is 3.35. The molecule has 1 saturated heterocycles. The van der Waals surface area contributed by atoms with E-state index in [9.17, 15) is 18.0 Å². The summed E-state index contributed by atoms with van der Waals surface area (Å²) >= 11 is 1.64. The van der Waals surface area contributed by atoms with Crippen molar-refractivity contribution >= 4 is 17.7 Å². The Morgan fingerprint density at radius 3 is 2.48 bits per heavy atom. The molecule has 1 amide bonds. The third-order valence-electron chi connectivity index (χ3n) is 5.00. The highest BCUT2D eigenvalue weighted by atomic mass is 32.2. The first-order valence-electron chi connectivity index (χ1n) is 9.81. The summed E-state index contributed by atoms with van der Waals surface area (Å²) in [5, 5.41) is -0.165. The number of nitrogens with zero attached hydrogens (tertiary/aromatic N) is 2. The number of carbonyl (C=O) groups excluding carboxylic acids is 1. The topological polar surface area (TPSA) is 23.6 Å². The molecule has 1 aliphatic rings. The number of thioether (sulfide) groups is 1. The van der Waals surface area contributed by atoms with E-state index < -0.39 is 11.6 Å². The molecule has 0 unspecified atom stereocenters. The first-order chi connectivity index (χ1) is 14.0. The van der Waals surface area contributed by atoms with Crippen LogP contribution >= 0.6 is 11.8 Å². The zero-order valence-corrected chi connectivity index (χ0v) is 17.2. The van der Waals surface area contributed by atoms with E-state index in [0.717, 1.165) is 24.2 Å². The molecule has 2 aromatic carbocycles. The second-order valence-corrected chi connectivity index (χ2v) is 8.31. The first-order valence-corrected chi connectivity index (χ1v) is 10.9. The number of rotatable bonds is 8. The summed E-state index contributed by atoms with van der Waals surface area (Å²) in [7, 11) is 0. The molecule has 0 bridgehead atoms. The SMILES string of the molecule is CCCCN(CC(=O)N1CCS[C@H]1c1ccc(F)cc1)Cc1c(F)cccc1F. The van der Waals surface area contributed by atoms with Crippen molar-refractivity contribution in [3.05, 3.63) is 71.0 Å². The Bertz CT molecular complexity index is 811. The highest BCUT2D eigenvalue weighted by Gasteiger charge is 2.31. The van der Waals surface area contributed by atoms with Crippen LogP contribution in [0.15, 0.2) is 42.5 Å². The lowest BCUT2D eigenvalue weighted by molar-refractivity contribution is -0.132. The van der Waals surface area contributed by atoms with Crippen LogP contribution in [0.5, 0.6) is 0 Å². The van der Waals surface area contributed by atoms with Crippen LogP contribution in [0.1, 0.15) is 36.3 Å². The molecule has 0 spiro atoms. The lowest BCUT2D eigenvalue weighted by Crippen LogP contribution is -2.40. The number of benzene rings is 2. The summed E-state index contributed by atoms with van der Waals surface area (Å²) in [5.74, 6) is -0.797. The number of amides is 1. The van der Waals surface area contributed by atoms with Gasteiger partial charge in [-0.3, -0.25) is 9.69 Å². The van der Waals surface area contributed by atoms with Crippen molar-refractivity contribution in [1.29, 1.82) is 0 Å². The van der Waals surface area contributed by atoms with Crippen LogP contribution < -0.4 is 0 Å². The molecule has 1 heterocycles. The minimum atomic E-state index is -0.597. The van der Waals surface area contributed by atoms with E-state index >= 15 is 0 Å². The van der Waals surface area contributed by atoms with Gasteiger partial charge in [-0.15, -0.1) is 11.8 Å². The van der Waals surface area contributed by atoms with E-state index in [2.05, 4.69) is 0 Å². The molecule has 156 valence electrons. The summed E-state index contributed by atoms with van der Waals surface area (Å²) in [6, 6.07) is 9.99. The molecule has 1 aliphatic heterocycles. The molecule has 3 rings (SSSR count). The van der Waals surface area contributed by atoms with Crippen LogP contribution in [0.3, 0.4) is 0 Å². The van der Waals surface area contributed by atoms with Gasteiger partial charge in [0.05, 0.1) is 6.54 Å². The zero-order valence-electron chi connectivity index (χ0n) is 16.4. The van der Waals surface area contributed by atoms with Gasteiger partial charge in [0.2, 0.25) is 5.91 Å². The van der Waals surface area contributed by atoms with Crippen LogP contribution in [-0.4, -0.2) is 41.1 Å². The van der Waals surface area contributed by atoms with Crippen LogP contribution in [0.4, 0.5) is 13.2 Å². The molecule has 0 aliphatic carbocycles. The smallest absolute Gasteiger partial charge is 0.237 e. The fourth-order valence-electron chi connectivity index (χ4n) is 3.41. The number of halogens is 3. The van der Waals surface area contributed by atoms with E-state index in [0.29, 0.717) is 13.1 Å². The minimum absolute atomic E-state index is 0.0118. The van der Waals surface area contributed by atoms with E-state index in [-0.39, 0.29) is 35.8 Å². The monoisotopic (exact) mass is 422 g/mol. The maximum atomic E-state index is 14.1. The fourth-order valence-corrected chi connectivity index (χ4v) is 4.69.